The van der Waals surface area contributed by atoms with Gasteiger partial charge in [0.2, 0.25) is 0 Å². The Morgan fingerprint density at radius 1 is 1.15 bits per heavy atom. The molecule has 3 rings (SSSR count). The van der Waals surface area contributed by atoms with Crippen LogP contribution in [0.2, 0.25) is 0 Å². The number of nitrogens with one attached hydrogen (secondary N) is 1. The number of rotatable bonds is 7. The van der Waals surface area contributed by atoms with Crippen LogP contribution >= 0.6 is 22.6 Å². The van der Waals surface area contributed by atoms with Crippen molar-refractivity contribution in [2.75, 3.05) is 32.8 Å². The van der Waals surface area contributed by atoms with Gasteiger partial charge in [0.05, 0.1) is 26.0 Å². The SMILES string of the molecule is O=C(CN1CCOCC1)N/N=C/c1ccc(OCc2ccc(I)cc2)cc1. The van der Waals surface area contributed by atoms with Gasteiger partial charge in [-0.05, 0) is 70.1 Å². The molecule has 1 amide bonds. The molecule has 0 saturated carbocycles. The number of morpholine rings is 1. The first-order chi connectivity index (χ1) is 13.2. The van der Waals surface area contributed by atoms with Crippen molar-refractivity contribution in [1.29, 1.82) is 0 Å². The number of nitrogens with zero attached hydrogens (tertiary/aromatic N) is 2. The molecule has 142 valence electrons. The molecule has 0 radical (unpaired) electrons. The third kappa shape index (κ3) is 6.93. The molecule has 2 aromatic carbocycles. The number of ether oxygens (including phenoxy) is 2. The van der Waals surface area contributed by atoms with Gasteiger partial charge in [0, 0.05) is 16.7 Å². The molecular weight excluding hydrogens is 457 g/mol. The van der Waals surface area contributed by atoms with Crippen molar-refractivity contribution in [2.45, 2.75) is 6.61 Å². The van der Waals surface area contributed by atoms with Crippen molar-refractivity contribution in [3.05, 3.63) is 63.2 Å². The first kappa shape index (κ1) is 19.8. The number of carbonyl (C=O) groups is 1. The Morgan fingerprint density at radius 3 is 2.56 bits per heavy atom. The lowest BCUT2D eigenvalue weighted by Crippen LogP contribution is -2.42. The number of hydrazone groups is 1. The van der Waals surface area contributed by atoms with E-state index < -0.39 is 0 Å². The van der Waals surface area contributed by atoms with Crippen LogP contribution < -0.4 is 10.2 Å². The van der Waals surface area contributed by atoms with Gasteiger partial charge in [-0.15, -0.1) is 0 Å². The summed E-state index contributed by atoms with van der Waals surface area (Å²) < 4.78 is 12.3. The molecule has 0 bridgehead atoms. The van der Waals surface area contributed by atoms with E-state index in [1.54, 1.807) is 6.21 Å². The van der Waals surface area contributed by atoms with E-state index in [1.165, 1.54) is 3.57 Å². The Kier molecular flexibility index (Phi) is 7.61. The molecule has 1 fully saturated rings. The van der Waals surface area contributed by atoms with E-state index in [0.29, 0.717) is 26.4 Å². The van der Waals surface area contributed by atoms with Crippen molar-refractivity contribution in [2.24, 2.45) is 5.10 Å². The van der Waals surface area contributed by atoms with Crippen LogP contribution in [0, 0.1) is 3.57 Å². The van der Waals surface area contributed by atoms with E-state index in [4.69, 9.17) is 9.47 Å². The molecule has 1 aliphatic rings. The number of carbonyl (C=O) groups excluding carboxylic acids is 1. The molecule has 7 heteroatoms. The number of benzene rings is 2. The monoisotopic (exact) mass is 479 g/mol. The maximum absolute atomic E-state index is 11.9. The summed E-state index contributed by atoms with van der Waals surface area (Å²) in [5.41, 5.74) is 4.58. The molecule has 1 N–H and O–H groups in total. The van der Waals surface area contributed by atoms with Crippen molar-refractivity contribution in [1.82, 2.24) is 10.3 Å². The molecule has 0 aromatic heterocycles. The van der Waals surface area contributed by atoms with Crippen LogP contribution in [0.5, 0.6) is 5.75 Å². The third-order valence-electron chi connectivity index (χ3n) is 4.07. The smallest absolute Gasteiger partial charge is 0.254 e. The zero-order valence-corrected chi connectivity index (χ0v) is 17.1. The number of halogens is 1. The highest BCUT2D eigenvalue weighted by Crippen LogP contribution is 2.14. The minimum absolute atomic E-state index is 0.120. The molecule has 1 heterocycles. The Hall–Kier alpha value is -1.97. The Labute approximate surface area is 172 Å². The first-order valence-electron chi connectivity index (χ1n) is 8.78. The quantitative estimate of drug-likeness (QED) is 0.377. The summed E-state index contributed by atoms with van der Waals surface area (Å²) in [7, 11) is 0. The van der Waals surface area contributed by atoms with Crippen LogP contribution in [0.25, 0.3) is 0 Å². The van der Waals surface area contributed by atoms with Gasteiger partial charge >= 0.3 is 0 Å². The summed E-state index contributed by atoms with van der Waals surface area (Å²) in [5, 5.41) is 4.01. The second-order valence-corrected chi connectivity index (χ2v) is 7.41. The van der Waals surface area contributed by atoms with Gasteiger partial charge in [-0.25, -0.2) is 5.43 Å². The minimum Gasteiger partial charge on any atom is -0.489 e. The van der Waals surface area contributed by atoms with Crippen molar-refractivity contribution >= 4 is 34.7 Å². The van der Waals surface area contributed by atoms with E-state index in [9.17, 15) is 4.79 Å². The van der Waals surface area contributed by atoms with Gasteiger partial charge in [-0.2, -0.15) is 5.10 Å². The number of hydrogen-bond acceptors (Lipinski definition) is 5. The molecule has 0 spiro atoms. The van der Waals surface area contributed by atoms with Crippen molar-refractivity contribution < 1.29 is 14.3 Å². The summed E-state index contributed by atoms with van der Waals surface area (Å²) in [4.78, 5) is 13.9. The van der Waals surface area contributed by atoms with Crippen LogP contribution in [-0.4, -0.2) is 49.9 Å². The Balaban J connectivity index is 1.42. The molecule has 1 aliphatic heterocycles. The summed E-state index contributed by atoms with van der Waals surface area (Å²) in [6.07, 6.45) is 1.63. The van der Waals surface area contributed by atoms with Gasteiger partial charge in [0.15, 0.2) is 0 Å². The summed E-state index contributed by atoms with van der Waals surface area (Å²) >= 11 is 2.28. The van der Waals surface area contributed by atoms with Gasteiger partial charge < -0.3 is 9.47 Å². The zero-order chi connectivity index (χ0) is 18.9. The fourth-order valence-corrected chi connectivity index (χ4v) is 2.93. The second-order valence-electron chi connectivity index (χ2n) is 6.17. The highest BCUT2D eigenvalue weighted by atomic mass is 127. The normalized spacial score (nSPS) is 15.0. The summed E-state index contributed by atoms with van der Waals surface area (Å²) in [6.45, 7) is 3.78. The number of hydrogen-bond donors (Lipinski definition) is 1. The summed E-state index contributed by atoms with van der Waals surface area (Å²) in [5.74, 6) is 0.674. The van der Waals surface area contributed by atoms with Gasteiger partial charge in [-0.1, -0.05) is 12.1 Å². The predicted octanol–water partition coefficient (Wildman–Crippen LogP) is 2.65. The van der Waals surface area contributed by atoms with Crippen LogP contribution in [0.1, 0.15) is 11.1 Å². The summed E-state index contributed by atoms with van der Waals surface area (Å²) in [6, 6.07) is 15.8. The topological polar surface area (TPSA) is 63.2 Å². The molecular formula is C20H22IN3O3. The molecule has 27 heavy (non-hydrogen) atoms. The van der Waals surface area contributed by atoms with Crippen molar-refractivity contribution in [3.63, 3.8) is 0 Å². The van der Waals surface area contributed by atoms with E-state index >= 15 is 0 Å². The first-order valence-corrected chi connectivity index (χ1v) is 9.86. The molecule has 0 atom stereocenters. The maximum atomic E-state index is 11.9. The average Bonchev–Trinajstić information content (AvgIpc) is 2.69. The lowest BCUT2D eigenvalue weighted by atomic mass is 10.2. The fourth-order valence-electron chi connectivity index (χ4n) is 2.57. The third-order valence-corrected chi connectivity index (χ3v) is 4.79. The van der Waals surface area contributed by atoms with E-state index in [-0.39, 0.29) is 5.91 Å². The Morgan fingerprint density at radius 2 is 1.85 bits per heavy atom. The minimum atomic E-state index is -0.120. The molecule has 0 aliphatic carbocycles. The highest BCUT2D eigenvalue weighted by Gasteiger charge is 2.13. The maximum Gasteiger partial charge on any atom is 0.254 e. The highest BCUT2D eigenvalue weighted by molar-refractivity contribution is 14.1. The zero-order valence-electron chi connectivity index (χ0n) is 14.9. The fraction of sp³-hybridized carbons (Fsp3) is 0.300. The lowest BCUT2D eigenvalue weighted by Gasteiger charge is -2.25. The molecule has 0 unspecified atom stereocenters. The van der Waals surface area contributed by atoms with Crippen LogP contribution in [-0.2, 0) is 16.1 Å². The van der Waals surface area contributed by atoms with Gasteiger partial charge in [-0.3, -0.25) is 9.69 Å². The molecule has 1 saturated heterocycles. The van der Waals surface area contributed by atoms with Gasteiger partial charge in [0.1, 0.15) is 12.4 Å². The van der Waals surface area contributed by atoms with Crippen LogP contribution in [0.3, 0.4) is 0 Å². The lowest BCUT2D eigenvalue weighted by molar-refractivity contribution is -0.123. The number of amides is 1. The predicted molar refractivity (Wildman–Crippen MR) is 113 cm³/mol. The van der Waals surface area contributed by atoms with Gasteiger partial charge in [0.25, 0.3) is 5.91 Å². The van der Waals surface area contributed by atoms with E-state index in [2.05, 4.69) is 57.4 Å². The van der Waals surface area contributed by atoms with Crippen molar-refractivity contribution in [3.8, 4) is 5.75 Å². The van der Waals surface area contributed by atoms with Crippen LogP contribution in [0.15, 0.2) is 53.6 Å². The Bertz CT molecular complexity index is 757. The van der Waals surface area contributed by atoms with Crippen LogP contribution in [0.4, 0.5) is 0 Å². The van der Waals surface area contributed by atoms with E-state index in [1.807, 2.05) is 29.2 Å². The molecule has 2 aromatic rings. The second kappa shape index (κ2) is 10.4. The largest absolute Gasteiger partial charge is 0.489 e. The van der Waals surface area contributed by atoms with E-state index in [0.717, 1.165) is 30.0 Å². The standard InChI is InChI=1S/C20H22IN3O3/c21-18-5-1-17(2-6-18)15-27-19-7-3-16(4-8-19)13-22-23-20(25)14-24-9-11-26-12-10-24/h1-8,13H,9-12,14-15H2,(H,23,25)/b22-13+. The average molecular weight is 479 g/mol. The molecule has 6 nitrogen and oxygen atoms in total.